The van der Waals surface area contributed by atoms with Gasteiger partial charge in [0, 0.05) is 0 Å². The Balaban J connectivity index is 2.69. The number of rotatable bonds is 5. The lowest BCUT2D eigenvalue weighted by Gasteiger charge is -2.24. The number of nitrogens with one attached hydrogen (secondary N) is 1. The maximum atomic E-state index is 13.5. The van der Waals surface area contributed by atoms with Crippen LogP contribution in [0.1, 0.15) is 33.0 Å². The van der Waals surface area contributed by atoms with Gasteiger partial charge < -0.3 is 14.4 Å². The molecule has 0 fully saturated rings. The molecule has 0 bridgehead atoms. The third-order valence-electron chi connectivity index (χ3n) is 3.63. The topological polar surface area (TPSA) is 101 Å². The van der Waals surface area contributed by atoms with Crippen molar-refractivity contribution in [3.8, 4) is 0 Å². The van der Waals surface area contributed by atoms with Gasteiger partial charge in [-0.15, -0.1) is 0 Å². The Morgan fingerprint density at radius 3 is 2.65 bits per heavy atom. The first-order valence-corrected chi connectivity index (χ1v) is 8.77. The first-order chi connectivity index (χ1) is 10.7. The van der Waals surface area contributed by atoms with E-state index in [-0.39, 0.29) is 11.0 Å². The van der Waals surface area contributed by atoms with Gasteiger partial charge in [0.15, 0.2) is 0 Å². The minimum atomic E-state index is -4.26. The number of benzene rings is 1. The van der Waals surface area contributed by atoms with Crippen LogP contribution in [0.5, 0.6) is 0 Å². The highest BCUT2D eigenvalue weighted by Gasteiger charge is 2.34. The van der Waals surface area contributed by atoms with Gasteiger partial charge >= 0.3 is 18.7 Å². The van der Waals surface area contributed by atoms with Crippen molar-refractivity contribution in [2.24, 2.45) is 0 Å². The number of aromatic nitrogens is 2. The average Bonchev–Trinajstić information content (AvgIpc) is 2.48. The molecule has 9 heteroatoms. The molecule has 0 aliphatic rings. The van der Waals surface area contributed by atoms with Crippen LogP contribution in [-0.4, -0.2) is 20.5 Å². The molecule has 1 heterocycles. The molecule has 0 radical (unpaired) electrons. The van der Waals surface area contributed by atoms with Gasteiger partial charge in [0.2, 0.25) is 0 Å². The summed E-state index contributed by atoms with van der Waals surface area (Å²) in [5, 5.41) is 0. The zero-order chi connectivity index (χ0) is 17.4. The molecule has 3 unspecified atom stereocenters. The van der Waals surface area contributed by atoms with E-state index in [9.17, 15) is 23.4 Å². The second kappa shape index (κ2) is 6.39. The van der Waals surface area contributed by atoms with E-state index in [2.05, 4.69) is 4.98 Å². The van der Waals surface area contributed by atoms with Gasteiger partial charge in [-0.3, -0.25) is 18.7 Å². The standard InChI is InChI=1S/C14H18FN2O5P/c1-4-8(2)22-23(20,21)9(3)17-12-7-10(15)5-6-11(12)16-13(18)14(17)19/h5-9H,4H2,1-3H3,(H,16,18)(H,20,21). The lowest BCUT2D eigenvalue weighted by atomic mass is 10.3. The molecule has 0 amide bonds. The molecule has 0 spiro atoms. The third kappa shape index (κ3) is 3.44. The average molecular weight is 344 g/mol. The quantitative estimate of drug-likeness (QED) is 0.640. The fraction of sp³-hybridized carbons (Fsp3) is 0.429. The maximum absolute atomic E-state index is 13.5. The second-order valence-electron chi connectivity index (χ2n) is 5.31. The third-order valence-corrected chi connectivity index (χ3v) is 5.47. The second-order valence-corrected chi connectivity index (χ2v) is 7.40. The van der Waals surface area contributed by atoms with Crippen LogP contribution in [0.15, 0.2) is 27.8 Å². The van der Waals surface area contributed by atoms with Crippen molar-refractivity contribution in [1.82, 2.24) is 9.55 Å². The molecule has 0 aliphatic heterocycles. The van der Waals surface area contributed by atoms with E-state index in [4.69, 9.17) is 4.52 Å². The van der Waals surface area contributed by atoms with Crippen molar-refractivity contribution in [2.75, 3.05) is 0 Å². The number of nitrogens with zero attached hydrogens (tertiary/aromatic N) is 1. The summed E-state index contributed by atoms with van der Waals surface area (Å²) in [6.45, 7) is 4.68. The Hall–Kier alpha value is -1.76. The van der Waals surface area contributed by atoms with E-state index < -0.39 is 36.4 Å². The van der Waals surface area contributed by atoms with Crippen molar-refractivity contribution >= 4 is 18.6 Å². The van der Waals surface area contributed by atoms with Crippen molar-refractivity contribution < 1.29 is 18.4 Å². The van der Waals surface area contributed by atoms with E-state index in [0.29, 0.717) is 6.42 Å². The predicted molar refractivity (Wildman–Crippen MR) is 84.2 cm³/mol. The van der Waals surface area contributed by atoms with Gasteiger partial charge in [0.05, 0.1) is 17.1 Å². The molecule has 1 aromatic heterocycles. The summed E-state index contributed by atoms with van der Waals surface area (Å²) in [6.07, 6.45) is -0.00863. The predicted octanol–water partition coefficient (Wildman–Crippen LogP) is 2.35. The monoisotopic (exact) mass is 344 g/mol. The normalized spacial score (nSPS) is 16.9. The van der Waals surface area contributed by atoms with Crippen LogP contribution in [0.25, 0.3) is 11.0 Å². The fourth-order valence-electron chi connectivity index (χ4n) is 2.14. The summed E-state index contributed by atoms with van der Waals surface area (Å²) < 4.78 is 31.9. The lowest BCUT2D eigenvalue weighted by Crippen LogP contribution is -2.38. The van der Waals surface area contributed by atoms with E-state index in [1.807, 2.05) is 0 Å². The van der Waals surface area contributed by atoms with Crippen molar-refractivity contribution in [1.29, 1.82) is 0 Å². The maximum Gasteiger partial charge on any atom is 0.350 e. The summed E-state index contributed by atoms with van der Waals surface area (Å²) in [4.78, 5) is 36.4. The van der Waals surface area contributed by atoms with Crippen molar-refractivity contribution in [2.45, 2.75) is 39.1 Å². The minimum Gasteiger partial charge on any atom is -0.323 e. The molecule has 126 valence electrons. The smallest absolute Gasteiger partial charge is 0.323 e. The highest BCUT2D eigenvalue weighted by atomic mass is 31.2. The van der Waals surface area contributed by atoms with Crippen LogP contribution in [0.2, 0.25) is 0 Å². The zero-order valence-corrected chi connectivity index (χ0v) is 13.8. The summed E-state index contributed by atoms with van der Waals surface area (Å²) in [5.74, 6) is -1.98. The number of hydrogen-bond donors (Lipinski definition) is 2. The Kier molecular flexibility index (Phi) is 4.89. The fourth-order valence-corrected chi connectivity index (χ4v) is 3.50. The molecule has 0 aliphatic carbocycles. The lowest BCUT2D eigenvalue weighted by molar-refractivity contribution is 0.175. The van der Waals surface area contributed by atoms with Crippen LogP contribution in [0.3, 0.4) is 0 Å². The molecule has 0 saturated heterocycles. The number of hydrogen-bond acceptors (Lipinski definition) is 4. The van der Waals surface area contributed by atoms with Gasteiger partial charge in [-0.05, 0) is 38.5 Å². The summed E-state index contributed by atoms with van der Waals surface area (Å²) >= 11 is 0. The van der Waals surface area contributed by atoms with Gasteiger partial charge in [-0.2, -0.15) is 0 Å². The molecular formula is C14H18FN2O5P. The highest BCUT2D eigenvalue weighted by molar-refractivity contribution is 7.52. The molecule has 23 heavy (non-hydrogen) atoms. The molecule has 1 aromatic carbocycles. The summed E-state index contributed by atoms with van der Waals surface area (Å²) in [7, 11) is -4.26. The Labute approximate surface area is 131 Å². The number of fused-ring (bicyclic) bond motifs is 1. The van der Waals surface area contributed by atoms with Crippen LogP contribution in [-0.2, 0) is 9.09 Å². The highest BCUT2D eigenvalue weighted by Crippen LogP contribution is 2.54. The number of aromatic amines is 1. The largest absolute Gasteiger partial charge is 0.350 e. The van der Waals surface area contributed by atoms with E-state index in [1.54, 1.807) is 13.8 Å². The number of H-pyrrole nitrogens is 1. The van der Waals surface area contributed by atoms with Crippen LogP contribution in [0, 0.1) is 5.82 Å². The van der Waals surface area contributed by atoms with Crippen LogP contribution in [0.4, 0.5) is 4.39 Å². The molecule has 0 saturated carbocycles. The van der Waals surface area contributed by atoms with E-state index in [0.717, 1.165) is 16.7 Å². The summed E-state index contributed by atoms with van der Waals surface area (Å²) in [6, 6.07) is 3.42. The van der Waals surface area contributed by atoms with Gasteiger partial charge in [0.25, 0.3) is 0 Å². The molecule has 2 aromatic rings. The first kappa shape index (κ1) is 17.6. The van der Waals surface area contributed by atoms with Crippen LogP contribution < -0.4 is 11.1 Å². The first-order valence-electron chi connectivity index (χ1n) is 7.12. The van der Waals surface area contributed by atoms with Crippen LogP contribution >= 0.6 is 7.60 Å². The van der Waals surface area contributed by atoms with Gasteiger partial charge in [0.1, 0.15) is 11.6 Å². The van der Waals surface area contributed by atoms with E-state index in [1.165, 1.54) is 13.0 Å². The Bertz CT molecular complexity index is 891. The number of halogens is 1. The molecular weight excluding hydrogens is 326 g/mol. The van der Waals surface area contributed by atoms with Crippen molar-refractivity contribution in [3.05, 3.63) is 44.7 Å². The summed E-state index contributed by atoms with van der Waals surface area (Å²) in [5.41, 5.74) is -1.80. The van der Waals surface area contributed by atoms with Gasteiger partial charge in [-0.1, -0.05) is 6.92 Å². The van der Waals surface area contributed by atoms with Gasteiger partial charge in [-0.25, -0.2) is 4.39 Å². The Morgan fingerprint density at radius 2 is 2.04 bits per heavy atom. The van der Waals surface area contributed by atoms with E-state index >= 15 is 0 Å². The molecule has 2 N–H and O–H groups in total. The Morgan fingerprint density at radius 1 is 1.39 bits per heavy atom. The molecule has 2 rings (SSSR count). The van der Waals surface area contributed by atoms with Crippen molar-refractivity contribution in [3.63, 3.8) is 0 Å². The minimum absolute atomic E-state index is 0.0177. The molecule has 7 nitrogen and oxygen atoms in total. The SMILES string of the molecule is CCC(C)OP(=O)(O)C(C)n1c(=O)c(=O)[nH]c2ccc(F)cc21. The molecule has 3 atom stereocenters. The zero-order valence-electron chi connectivity index (χ0n) is 12.9.